The molecule has 4 nitrogen and oxygen atoms in total. The van der Waals surface area contributed by atoms with Crippen molar-refractivity contribution in [3.05, 3.63) is 24.6 Å². The van der Waals surface area contributed by atoms with E-state index in [9.17, 15) is 0 Å². The molecular formula is H8Cl4N4Pd2-4. The summed E-state index contributed by atoms with van der Waals surface area (Å²) in [4.78, 5) is 0. The van der Waals surface area contributed by atoms with Gasteiger partial charge in [0.2, 0.25) is 0 Å². The maximum atomic E-state index is 4.98. The van der Waals surface area contributed by atoms with Gasteiger partial charge in [-0.15, -0.1) is 0 Å². The van der Waals surface area contributed by atoms with Crippen LogP contribution in [0.15, 0.2) is 0 Å². The minimum atomic E-state index is -2.81. The summed E-state index contributed by atoms with van der Waals surface area (Å²) in [7, 11) is 19.9. The van der Waals surface area contributed by atoms with Gasteiger partial charge in [-0.3, -0.25) is 0 Å². The van der Waals surface area contributed by atoms with Gasteiger partial charge in [-0.05, 0) is 0 Å². The summed E-state index contributed by atoms with van der Waals surface area (Å²) in [6, 6.07) is 0. The van der Waals surface area contributed by atoms with Crippen molar-refractivity contribution in [1.29, 1.82) is 0 Å². The molecule has 0 radical (unpaired) electrons. The van der Waals surface area contributed by atoms with Crippen molar-refractivity contribution in [3.8, 4) is 0 Å². The normalized spacial score (nSPS) is 7.60. The van der Waals surface area contributed by atoms with Crippen molar-refractivity contribution in [3.63, 3.8) is 0 Å². The Balaban J connectivity index is -0.00000000800. The number of halogens is 4. The van der Waals surface area contributed by atoms with Crippen LogP contribution in [0.1, 0.15) is 0 Å². The Morgan fingerprint density at radius 3 is 0.600 bits per heavy atom. The van der Waals surface area contributed by atoms with Gasteiger partial charge in [0, 0.05) is 20.4 Å². The largest absolute Gasteiger partial charge is 0.693 e. The SMILES string of the molecule is [Cl][Pd]([Cl])([Cl])[Cl].[NH2-].[NH2-].[NH2-].[NH2-].[Pd]. The van der Waals surface area contributed by atoms with E-state index < -0.39 is 11.5 Å². The molecule has 80 valence electrons. The maximum absolute atomic E-state index is 4.98. The fourth-order valence-corrected chi connectivity index (χ4v) is 0. The number of hydrogen-bond acceptors (Lipinski definition) is 0. The molecule has 0 aromatic heterocycles. The van der Waals surface area contributed by atoms with Crippen LogP contribution in [-0.2, 0) is 31.9 Å². The quantitative estimate of drug-likeness (QED) is 0.451. The first-order chi connectivity index (χ1) is 2.00. The standard InChI is InChI=1S/4ClH.4H2N.2Pd/h4*1H;4*1H2;;/q;;;;4*-1;;+4/p-4. The number of nitrogens with two attached hydrogens (primary N) is 4. The Hall–Kier alpha value is 2.32. The van der Waals surface area contributed by atoms with Gasteiger partial charge in [0.05, 0.1) is 0 Å². The Bertz CT molecular complexity index is 30.7. The second kappa shape index (κ2) is 17.4. The molecule has 10 heavy (non-hydrogen) atoms. The van der Waals surface area contributed by atoms with Gasteiger partial charge in [-0.2, -0.15) is 0 Å². The van der Waals surface area contributed by atoms with Crippen molar-refractivity contribution in [2.45, 2.75) is 0 Å². The van der Waals surface area contributed by atoms with Crippen molar-refractivity contribution in [2.75, 3.05) is 0 Å². The molecule has 10 heteroatoms. The molecule has 0 aliphatic rings. The van der Waals surface area contributed by atoms with E-state index in [4.69, 9.17) is 38.1 Å². The molecule has 0 fully saturated rings. The molecule has 0 aliphatic heterocycles. The van der Waals surface area contributed by atoms with E-state index >= 15 is 0 Å². The second-order valence-electron chi connectivity index (χ2n) is 0.271. The van der Waals surface area contributed by atoms with Gasteiger partial charge in [0.1, 0.15) is 0 Å². The van der Waals surface area contributed by atoms with Gasteiger partial charge >= 0.3 is 49.6 Å². The fourth-order valence-electron chi connectivity index (χ4n) is 0. The van der Waals surface area contributed by atoms with Crippen LogP contribution in [0.4, 0.5) is 0 Å². The van der Waals surface area contributed by atoms with Crippen molar-refractivity contribution < 1.29 is 31.9 Å². The van der Waals surface area contributed by atoms with E-state index in [1.165, 1.54) is 0 Å². The summed E-state index contributed by atoms with van der Waals surface area (Å²) in [6.45, 7) is 0. The molecule has 0 bridgehead atoms. The van der Waals surface area contributed by atoms with E-state index in [1.54, 1.807) is 0 Å². The van der Waals surface area contributed by atoms with E-state index in [0.717, 1.165) is 0 Å². The molecule has 0 spiro atoms. The van der Waals surface area contributed by atoms with Crippen molar-refractivity contribution in [1.82, 2.24) is 0 Å². The summed E-state index contributed by atoms with van der Waals surface area (Å²) in [5.74, 6) is 0. The number of hydrogen-bond donors (Lipinski definition) is 0. The molecule has 0 aromatic carbocycles. The van der Waals surface area contributed by atoms with Gasteiger partial charge in [0.25, 0.3) is 0 Å². The van der Waals surface area contributed by atoms with Crippen LogP contribution in [-0.4, -0.2) is 0 Å². The summed E-state index contributed by atoms with van der Waals surface area (Å²) in [6.07, 6.45) is 0. The predicted octanol–water partition coefficient (Wildman–Crippen LogP) is 5.62. The molecule has 0 atom stereocenters. The van der Waals surface area contributed by atoms with Crippen LogP contribution in [0.25, 0.3) is 24.6 Å². The number of rotatable bonds is 0. The van der Waals surface area contributed by atoms with Gasteiger partial charge in [-0.25, -0.2) is 0 Å². The zero-order chi connectivity index (χ0) is 4.50. The maximum Gasteiger partial charge on any atom is 0 e. The van der Waals surface area contributed by atoms with Gasteiger partial charge in [0.15, 0.2) is 0 Å². The fraction of sp³-hybridized carbons (Fsp3) is 0. The average molecular weight is 419 g/mol. The van der Waals surface area contributed by atoms with E-state index in [0.29, 0.717) is 0 Å². The monoisotopic (exact) mass is 416 g/mol. The first kappa shape index (κ1) is 39.5. The molecule has 0 heterocycles. The summed E-state index contributed by atoms with van der Waals surface area (Å²) in [5.41, 5.74) is 0. The molecule has 0 amide bonds. The molecular weight excluding hydrogens is 411 g/mol. The van der Waals surface area contributed by atoms with Crippen molar-refractivity contribution >= 4 is 38.1 Å². The van der Waals surface area contributed by atoms with E-state index in [-0.39, 0.29) is 45.0 Å². The zero-order valence-electron chi connectivity index (χ0n) is 4.45. The first-order valence-corrected chi connectivity index (χ1v) is 8.49. The van der Waals surface area contributed by atoms with Crippen LogP contribution in [0.3, 0.4) is 0 Å². The van der Waals surface area contributed by atoms with Gasteiger partial charge < -0.3 is 24.6 Å². The first-order valence-electron chi connectivity index (χ1n) is 0.478. The van der Waals surface area contributed by atoms with E-state index in [2.05, 4.69) is 0 Å². The van der Waals surface area contributed by atoms with Crippen LogP contribution in [0, 0.1) is 0 Å². The molecule has 0 aliphatic carbocycles. The Morgan fingerprint density at radius 1 is 0.600 bits per heavy atom. The second-order valence-corrected chi connectivity index (χ2v) is 14.4. The third-order valence-corrected chi connectivity index (χ3v) is 0. The third-order valence-electron chi connectivity index (χ3n) is 0. The Labute approximate surface area is 93.6 Å². The van der Waals surface area contributed by atoms with Crippen molar-refractivity contribution in [2.24, 2.45) is 0 Å². The smallest absolute Gasteiger partial charge is 0 e. The molecule has 0 saturated carbocycles. The van der Waals surface area contributed by atoms with Crippen LogP contribution in [0.5, 0.6) is 0 Å². The molecule has 8 N–H and O–H groups in total. The predicted molar refractivity (Wildman–Crippen MR) is 44.5 cm³/mol. The van der Waals surface area contributed by atoms with Crippen LogP contribution in [0.2, 0.25) is 0 Å². The zero-order valence-corrected chi connectivity index (χ0v) is 10.6. The Morgan fingerprint density at radius 2 is 0.600 bits per heavy atom. The van der Waals surface area contributed by atoms with Crippen LogP contribution >= 0.6 is 38.1 Å². The van der Waals surface area contributed by atoms with Gasteiger partial charge in [-0.1, -0.05) is 0 Å². The van der Waals surface area contributed by atoms with E-state index in [1.807, 2.05) is 0 Å². The molecule has 0 aromatic rings. The topological polar surface area (TPSA) is 134 Å². The van der Waals surface area contributed by atoms with Crippen LogP contribution < -0.4 is 0 Å². The molecule has 0 unspecified atom stereocenters. The minimum absolute atomic E-state index is 0. The summed E-state index contributed by atoms with van der Waals surface area (Å²) in [5, 5.41) is 0. The minimum Gasteiger partial charge on any atom is -0.693 e. The Kier molecular flexibility index (Phi) is 68.8. The summed E-state index contributed by atoms with van der Waals surface area (Å²) < 4.78 is 0. The summed E-state index contributed by atoms with van der Waals surface area (Å²) >= 11 is -2.81. The average Bonchev–Trinajstić information content (AvgIpc) is 0.722. The third kappa shape index (κ3) is 166. The molecule has 0 saturated heterocycles. The molecule has 0 rings (SSSR count).